The molecule has 2 rings (SSSR count). The molecule has 7 heteroatoms. The number of nitrogens with two attached hydrogens (primary N) is 1. The molecule has 0 aliphatic carbocycles. The van der Waals surface area contributed by atoms with Crippen molar-refractivity contribution < 1.29 is 8.78 Å². The number of thioether (sulfide) groups is 1. The predicted octanol–water partition coefficient (Wildman–Crippen LogP) is 2.61. The zero-order valence-electron chi connectivity index (χ0n) is 10.0. The molecule has 0 saturated heterocycles. The van der Waals surface area contributed by atoms with E-state index in [2.05, 4.69) is 0 Å². The molecular formula is C13H8F2N4S. The van der Waals surface area contributed by atoms with Gasteiger partial charge in [0.15, 0.2) is 11.6 Å². The molecule has 2 atom stereocenters. The molecule has 4 nitrogen and oxygen atoms in total. The second kappa shape index (κ2) is 5.32. The van der Waals surface area contributed by atoms with Crippen molar-refractivity contribution >= 4 is 16.8 Å². The highest BCUT2D eigenvalue weighted by atomic mass is 32.2. The molecule has 0 spiro atoms. The highest BCUT2D eigenvalue weighted by Crippen LogP contribution is 2.42. The maximum Gasteiger partial charge on any atom is 0.159 e. The molecule has 0 saturated carbocycles. The van der Waals surface area contributed by atoms with Gasteiger partial charge in [0.1, 0.15) is 5.92 Å². The summed E-state index contributed by atoms with van der Waals surface area (Å²) in [4.78, 5) is 0. The SMILES string of the molecule is N#CC1=C(N)SC(=N)[C@@H](C#N)[C@H]1c1ccc(F)c(F)c1. The lowest BCUT2D eigenvalue weighted by molar-refractivity contribution is 0.505. The zero-order chi connectivity index (χ0) is 14.9. The highest BCUT2D eigenvalue weighted by molar-refractivity contribution is 8.17. The number of halogens is 2. The monoisotopic (exact) mass is 290 g/mol. The third-order valence-electron chi connectivity index (χ3n) is 2.97. The van der Waals surface area contributed by atoms with E-state index in [1.54, 1.807) is 0 Å². The molecule has 0 amide bonds. The van der Waals surface area contributed by atoms with Crippen LogP contribution >= 0.6 is 11.8 Å². The van der Waals surface area contributed by atoms with Gasteiger partial charge in [-0.15, -0.1) is 0 Å². The van der Waals surface area contributed by atoms with E-state index < -0.39 is 23.5 Å². The lowest BCUT2D eigenvalue weighted by Crippen LogP contribution is -2.27. The number of nitrogens with zero attached hydrogens (tertiary/aromatic N) is 2. The molecular weight excluding hydrogens is 282 g/mol. The maximum absolute atomic E-state index is 13.3. The van der Waals surface area contributed by atoms with Gasteiger partial charge in [0, 0.05) is 5.92 Å². The van der Waals surface area contributed by atoms with E-state index >= 15 is 0 Å². The summed E-state index contributed by atoms with van der Waals surface area (Å²) in [7, 11) is 0. The van der Waals surface area contributed by atoms with Crippen molar-refractivity contribution in [1.29, 1.82) is 15.9 Å². The quantitative estimate of drug-likeness (QED) is 0.830. The lowest BCUT2D eigenvalue weighted by Gasteiger charge is -2.27. The Morgan fingerprint density at radius 2 is 1.95 bits per heavy atom. The van der Waals surface area contributed by atoms with Crippen LogP contribution in [0.5, 0.6) is 0 Å². The zero-order valence-corrected chi connectivity index (χ0v) is 10.8. The molecule has 0 aromatic heterocycles. The fourth-order valence-corrected chi connectivity index (χ4v) is 2.87. The van der Waals surface area contributed by atoms with E-state index in [0.717, 1.165) is 23.9 Å². The minimum Gasteiger partial charge on any atom is -0.392 e. The number of benzene rings is 1. The Morgan fingerprint density at radius 3 is 2.50 bits per heavy atom. The summed E-state index contributed by atoms with van der Waals surface area (Å²) in [5.74, 6) is -3.88. The Balaban J connectivity index is 2.62. The van der Waals surface area contributed by atoms with Gasteiger partial charge in [0.25, 0.3) is 0 Å². The van der Waals surface area contributed by atoms with Gasteiger partial charge in [0.05, 0.1) is 27.8 Å². The van der Waals surface area contributed by atoms with Crippen LogP contribution in [-0.4, -0.2) is 5.04 Å². The van der Waals surface area contributed by atoms with Gasteiger partial charge in [-0.3, -0.25) is 5.41 Å². The average Bonchev–Trinajstić information content (AvgIpc) is 2.41. The van der Waals surface area contributed by atoms with E-state index in [-0.39, 0.29) is 21.2 Å². The largest absolute Gasteiger partial charge is 0.392 e. The molecule has 1 aliphatic heterocycles. The topological polar surface area (TPSA) is 97.4 Å². The molecule has 0 bridgehead atoms. The average molecular weight is 290 g/mol. The summed E-state index contributed by atoms with van der Waals surface area (Å²) < 4.78 is 26.3. The Bertz CT molecular complexity index is 699. The van der Waals surface area contributed by atoms with Gasteiger partial charge in [-0.2, -0.15) is 10.5 Å². The van der Waals surface area contributed by atoms with Crippen molar-refractivity contribution in [2.24, 2.45) is 11.7 Å². The van der Waals surface area contributed by atoms with Gasteiger partial charge in [-0.1, -0.05) is 17.8 Å². The van der Waals surface area contributed by atoms with Crippen molar-refractivity contribution in [1.82, 2.24) is 0 Å². The number of allylic oxidation sites excluding steroid dienone is 1. The summed E-state index contributed by atoms with van der Waals surface area (Å²) in [6.07, 6.45) is 0. The van der Waals surface area contributed by atoms with Gasteiger partial charge < -0.3 is 5.73 Å². The summed E-state index contributed by atoms with van der Waals surface area (Å²) in [6, 6.07) is 6.96. The summed E-state index contributed by atoms with van der Waals surface area (Å²) >= 11 is 0.840. The molecule has 1 aromatic rings. The molecule has 100 valence electrons. The lowest BCUT2D eigenvalue weighted by atomic mass is 9.81. The molecule has 3 N–H and O–H groups in total. The molecule has 1 aromatic carbocycles. The number of nitriles is 2. The number of hydrogen-bond donors (Lipinski definition) is 2. The van der Waals surface area contributed by atoms with E-state index in [0.29, 0.717) is 0 Å². The molecule has 0 fully saturated rings. The van der Waals surface area contributed by atoms with E-state index in [1.807, 2.05) is 12.1 Å². The minimum absolute atomic E-state index is 0.0151. The van der Waals surface area contributed by atoms with Gasteiger partial charge in [0.2, 0.25) is 0 Å². The fraction of sp³-hybridized carbons (Fsp3) is 0.154. The first-order valence-electron chi connectivity index (χ1n) is 5.50. The summed E-state index contributed by atoms with van der Waals surface area (Å²) in [5, 5.41) is 26.2. The van der Waals surface area contributed by atoms with Crippen LogP contribution in [0.3, 0.4) is 0 Å². The molecule has 20 heavy (non-hydrogen) atoms. The Hall–Kier alpha value is -2.38. The molecule has 1 heterocycles. The Kier molecular flexibility index (Phi) is 3.73. The Morgan fingerprint density at radius 1 is 1.25 bits per heavy atom. The van der Waals surface area contributed by atoms with E-state index in [1.165, 1.54) is 6.07 Å². The first kappa shape index (κ1) is 14.0. The minimum atomic E-state index is -1.07. The van der Waals surface area contributed by atoms with Crippen LogP contribution in [0.15, 0.2) is 28.8 Å². The number of rotatable bonds is 1. The summed E-state index contributed by atoms with van der Waals surface area (Å²) in [5.41, 5.74) is 6.05. The first-order valence-corrected chi connectivity index (χ1v) is 6.31. The Labute approximate surface area is 118 Å². The van der Waals surface area contributed by atoms with Crippen molar-refractivity contribution in [3.8, 4) is 12.1 Å². The van der Waals surface area contributed by atoms with Crippen molar-refractivity contribution in [2.45, 2.75) is 5.92 Å². The number of nitrogens with one attached hydrogen (secondary N) is 1. The summed E-state index contributed by atoms with van der Waals surface area (Å²) in [6.45, 7) is 0. The van der Waals surface area contributed by atoms with Crippen LogP contribution in [0.25, 0.3) is 0 Å². The van der Waals surface area contributed by atoms with E-state index in [4.69, 9.17) is 16.4 Å². The predicted molar refractivity (Wildman–Crippen MR) is 70.3 cm³/mol. The van der Waals surface area contributed by atoms with Gasteiger partial charge >= 0.3 is 0 Å². The van der Waals surface area contributed by atoms with Crippen LogP contribution in [0.1, 0.15) is 11.5 Å². The van der Waals surface area contributed by atoms with Crippen LogP contribution in [0.2, 0.25) is 0 Å². The smallest absolute Gasteiger partial charge is 0.159 e. The van der Waals surface area contributed by atoms with Crippen molar-refractivity contribution in [3.63, 3.8) is 0 Å². The molecule has 1 aliphatic rings. The van der Waals surface area contributed by atoms with E-state index in [9.17, 15) is 14.0 Å². The molecule has 0 radical (unpaired) electrons. The van der Waals surface area contributed by atoms with Gasteiger partial charge in [-0.05, 0) is 17.7 Å². The van der Waals surface area contributed by atoms with Crippen LogP contribution in [-0.2, 0) is 0 Å². The maximum atomic E-state index is 13.3. The normalized spacial score (nSPS) is 22.3. The standard InChI is InChI=1S/C13H8F2N4S/c14-9-2-1-6(3-10(9)15)11-7(4-16)12(18)20-13(19)8(11)5-17/h1-3,7,11,18H,19H2/t7-,11+/m0/s1. The van der Waals surface area contributed by atoms with Crippen LogP contribution in [0.4, 0.5) is 8.78 Å². The fourth-order valence-electron chi connectivity index (χ4n) is 2.03. The molecule has 0 unspecified atom stereocenters. The van der Waals surface area contributed by atoms with Crippen LogP contribution in [0, 0.1) is 45.6 Å². The third kappa shape index (κ3) is 2.24. The third-order valence-corrected chi connectivity index (χ3v) is 3.89. The number of hydrogen-bond acceptors (Lipinski definition) is 5. The van der Waals surface area contributed by atoms with Crippen LogP contribution < -0.4 is 5.73 Å². The second-order valence-electron chi connectivity index (χ2n) is 4.11. The highest BCUT2D eigenvalue weighted by Gasteiger charge is 2.37. The van der Waals surface area contributed by atoms with Crippen molar-refractivity contribution in [2.75, 3.05) is 0 Å². The van der Waals surface area contributed by atoms with Gasteiger partial charge in [-0.25, -0.2) is 8.78 Å². The van der Waals surface area contributed by atoms with Crippen molar-refractivity contribution in [3.05, 3.63) is 46.0 Å². The second-order valence-corrected chi connectivity index (χ2v) is 5.20. The first-order chi connectivity index (χ1) is 9.49.